The molecule has 0 aliphatic carbocycles. The van der Waals surface area contributed by atoms with Gasteiger partial charge in [0.2, 0.25) is 5.91 Å². The van der Waals surface area contributed by atoms with Crippen molar-refractivity contribution in [3.05, 3.63) is 42.6 Å². The third-order valence-electron chi connectivity index (χ3n) is 5.46. The van der Waals surface area contributed by atoms with Gasteiger partial charge in [-0.05, 0) is 31.0 Å². The first-order valence-corrected chi connectivity index (χ1v) is 9.23. The summed E-state index contributed by atoms with van der Waals surface area (Å²) in [5.74, 6) is 2.25. The Morgan fingerprint density at radius 1 is 1.19 bits per heavy atom. The van der Waals surface area contributed by atoms with Crippen LogP contribution in [0.4, 0.5) is 11.5 Å². The second kappa shape index (κ2) is 6.19. The zero-order chi connectivity index (χ0) is 18.4. The molecule has 3 aromatic rings. The lowest BCUT2D eigenvalue weighted by atomic mass is 9.96. The Morgan fingerprint density at radius 3 is 2.85 bits per heavy atom. The number of nitrogens with zero attached hydrogens (tertiary/aromatic N) is 4. The van der Waals surface area contributed by atoms with E-state index in [0.717, 1.165) is 65.8 Å². The normalized spacial score (nSPS) is 16.0. The van der Waals surface area contributed by atoms with Crippen molar-refractivity contribution in [1.29, 1.82) is 0 Å². The third kappa shape index (κ3) is 2.66. The summed E-state index contributed by atoms with van der Waals surface area (Å²) < 4.78 is 0. The molecular formula is C20H20N6O. The van der Waals surface area contributed by atoms with Crippen molar-refractivity contribution in [3.63, 3.8) is 0 Å². The Morgan fingerprint density at radius 2 is 2.04 bits per heavy atom. The second-order valence-electron chi connectivity index (χ2n) is 7.07. The van der Waals surface area contributed by atoms with E-state index in [9.17, 15) is 4.79 Å². The van der Waals surface area contributed by atoms with Crippen LogP contribution >= 0.6 is 0 Å². The van der Waals surface area contributed by atoms with Gasteiger partial charge in [0.25, 0.3) is 0 Å². The van der Waals surface area contributed by atoms with Crippen LogP contribution < -0.4 is 5.32 Å². The highest BCUT2D eigenvalue weighted by Crippen LogP contribution is 2.42. The molecule has 1 fully saturated rings. The monoisotopic (exact) mass is 360 g/mol. The first kappa shape index (κ1) is 16.0. The van der Waals surface area contributed by atoms with E-state index in [0.29, 0.717) is 5.92 Å². The van der Waals surface area contributed by atoms with E-state index in [1.807, 2.05) is 29.3 Å². The van der Waals surface area contributed by atoms with Crippen molar-refractivity contribution in [1.82, 2.24) is 24.8 Å². The van der Waals surface area contributed by atoms with E-state index >= 15 is 0 Å². The van der Waals surface area contributed by atoms with Gasteiger partial charge in [-0.3, -0.25) is 9.78 Å². The first-order valence-electron chi connectivity index (χ1n) is 9.23. The first-order chi connectivity index (χ1) is 13.2. The molecule has 3 aromatic heterocycles. The van der Waals surface area contributed by atoms with E-state index in [1.165, 1.54) is 0 Å². The summed E-state index contributed by atoms with van der Waals surface area (Å²) in [5.41, 5.74) is 4.85. The smallest absolute Gasteiger partial charge is 0.219 e. The molecule has 0 saturated carbocycles. The highest BCUT2D eigenvalue weighted by atomic mass is 16.2. The molecule has 0 bridgehead atoms. The number of amides is 1. The Hall–Kier alpha value is -3.22. The van der Waals surface area contributed by atoms with Crippen LogP contribution in [0.15, 0.2) is 36.8 Å². The van der Waals surface area contributed by atoms with Gasteiger partial charge in [-0.2, -0.15) is 0 Å². The van der Waals surface area contributed by atoms with Crippen LogP contribution in [0.3, 0.4) is 0 Å². The predicted octanol–water partition coefficient (Wildman–Crippen LogP) is 3.32. The number of carbonyl (C=O) groups excluding carboxylic acids is 1. The van der Waals surface area contributed by atoms with Gasteiger partial charge in [-0.15, -0.1) is 0 Å². The molecule has 136 valence electrons. The average Bonchev–Trinajstić information content (AvgIpc) is 3.09. The molecule has 0 unspecified atom stereocenters. The molecule has 27 heavy (non-hydrogen) atoms. The maximum atomic E-state index is 11.6. The summed E-state index contributed by atoms with van der Waals surface area (Å²) >= 11 is 0. The standard InChI is InChI=1S/C20H20N6O/c1-12(27)26-9-5-13(6-10-26)19-24-17-14-4-8-21-11-16(14)23-20-15(18(17)25-19)3-2-7-22-20/h2-4,7-8,11,13H,5-6,9-10H2,1H3,(H,22,23)(H,24,25). The zero-order valence-electron chi connectivity index (χ0n) is 15.1. The summed E-state index contributed by atoms with van der Waals surface area (Å²) in [6.07, 6.45) is 7.23. The number of rotatable bonds is 1. The molecule has 0 radical (unpaired) electrons. The number of H-pyrrole nitrogens is 1. The minimum absolute atomic E-state index is 0.149. The number of fused-ring (bicyclic) bond motifs is 5. The number of carbonyl (C=O) groups is 1. The van der Waals surface area contributed by atoms with Crippen LogP contribution in [0.1, 0.15) is 31.5 Å². The van der Waals surface area contributed by atoms with Crippen molar-refractivity contribution < 1.29 is 4.79 Å². The van der Waals surface area contributed by atoms with Crippen molar-refractivity contribution in [3.8, 4) is 22.5 Å². The third-order valence-corrected chi connectivity index (χ3v) is 5.46. The maximum absolute atomic E-state index is 11.6. The van der Waals surface area contributed by atoms with Gasteiger partial charge in [0.05, 0.1) is 17.6 Å². The van der Waals surface area contributed by atoms with Gasteiger partial charge in [0, 0.05) is 49.5 Å². The van der Waals surface area contributed by atoms with Crippen molar-refractivity contribution in [2.75, 3.05) is 18.4 Å². The van der Waals surface area contributed by atoms with Crippen molar-refractivity contribution in [2.24, 2.45) is 0 Å². The fraction of sp³-hybridized carbons (Fsp3) is 0.300. The van der Waals surface area contributed by atoms with Gasteiger partial charge in [0.15, 0.2) is 0 Å². The van der Waals surface area contributed by atoms with E-state index in [2.05, 4.69) is 20.3 Å². The van der Waals surface area contributed by atoms with Gasteiger partial charge in [-0.1, -0.05) is 0 Å². The van der Waals surface area contributed by atoms with Gasteiger partial charge < -0.3 is 15.2 Å². The molecular weight excluding hydrogens is 340 g/mol. The molecule has 2 aliphatic rings. The highest BCUT2D eigenvalue weighted by molar-refractivity contribution is 5.94. The molecule has 1 amide bonds. The average molecular weight is 360 g/mol. The van der Waals surface area contributed by atoms with Crippen LogP contribution in [0.25, 0.3) is 22.5 Å². The summed E-state index contributed by atoms with van der Waals surface area (Å²) in [6.45, 7) is 3.20. The molecule has 0 aromatic carbocycles. The fourth-order valence-electron chi connectivity index (χ4n) is 3.98. The number of likely N-dealkylation sites (tertiary alicyclic amines) is 1. The minimum Gasteiger partial charge on any atom is -0.343 e. The fourth-order valence-corrected chi connectivity index (χ4v) is 3.98. The number of hydrogen-bond donors (Lipinski definition) is 2. The van der Waals surface area contributed by atoms with Gasteiger partial charge >= 0.3 is 0 Å². The van der Waals surface area contributed by atoms with E-state index in [4.69, 9.17) is 4.98 Å². The summed E-state index contributed by atoms with van der Waals surface area (Å²) in [6, 6.07) is 5.96. The van der Waals surface area contributed by atoms with E-state index in [-0.39, 0.29) is 5.91 Å². The molecule has 5 heterocycles. The number of imidazole rings is 1. The number of hydrogen-bond acceptors (Lipinski definition) is 5. The number of aromatic amines is 1. The zero-order valence-corrected chi connectivity index (χ0v) is 15.1. The molecule has 2 aliphatic heterocycles. The lowest BCUT2D eigenvalue weighted by Gasteiger charge is -2.30. The van der Waals surface area contributed by atoms with E-state index < -0.39 is 0 Å². The van der Waals surface area contributed by atoms with Crippen LogP contribution in [-0.4, -0.2) is 43.8 Å². The Balaban J connectivity index is 1.58. The van der Waals surface area contributed by atoms with Crippen LogP contribution in [-0.2, 0) is 4.79 Å². The maximum Gasteiger partial charge on any atom is 0.219 e. The second-order valence-corrected chi connectivity index (χ2v) is 7.07. The summed E-state index contributed by atoms with van der Waals surface area (Å²) in [5, 5.41) is 3.38. The Kier molecular flexibility index (Phi) is 3.67. The van der Waals surface area contributed by atoms with Crippen molar-refractivity contribution in [2.45, 2.75) is 25.7 Å². The van der Waals surface area contributed by atoms with Gasteiger partial charge in [0.1, 0.15) is 17.3 Å². The highest BCUT2D eigenvalue weighted by Gasteiger charge is 2.28. The predicted molar refractivity (Wildman–Crippen MR) is 103 cm³/mol. The lowest BCUT2D eigenvalue weighted by Crippen LogP contribution is -2.36. The molecule has 7 heteroatoms. The number of nitrogens with one attached hydrogen (secondary N) is 2. The van der Waals surface area contributed by atoms with Crippen LogP contribution in [0.2, 0.25) is 0 Å². The summed E-state index contributed by atoms with van der Waals surface area (Å²) in [7, 11) is 0. The molecule has 5 rings (SSSR count). The number of piperidine rings is 1. The summed E-state index contributed by atoms with van der Waals surface area (Å²) in [4.78, 5) is 30.8. The largest absolute Gasteiger partial charge is 0.343 e. The Bertz CT molecular complexity index is 956. The lowest BCUT2D eigenvalue weighted by molar-refractivity contribution is -0.129. The topological polar surface area (TPSA) is 86.8 Å². The molecule has 1 saturated heterocycles. The molecule has 2 N–H and O–H groups in total. The molecule has 0 atom stereocenters. The van der Waals surface area contributed by atoms with Crippen molar-refractivity contribution >= 4 is 17.4 Å². The van der Waals surface area contributed by atoms with Gasteiger partial charge in [-0.25, -0.2) is 9.97 Å². The van der Waals surface area contributed by atoms with Crippen LogP contribution in [0, 0.1) is 0 Å². The number of anilines is 2. The SMILES string of the molecule is CC(=O)N1CCC(c2nc3c([nH]2)-c2ccncc2Nc2ncccc2-3)CC1. The van der Waals surface area contributed by atoms with E-state index in [1.54, 1.807) is 19.3 Å². The molecule has 0 spiro atoms. The number of aromatic nitrogens is 4. The number of pyridine rings is 2. The molecule has 7 nitrogen and oxygen atoms in total. The Labute approximate surface area is 156 Å². The van der Waals surface area contributed by atoms with Crippen LogP contribution in [0.5, 0.6) is 0 Å². The minimum atomic E-state index is 0.149. The quantitative estimate of drug-likeness (QED) is 0.544.